The second-order valence-electron chi connectivity index (χ2n) is 4.75. The van der Waals surface area contributed by atoms with Gasteiger partial charge in [0.2, 0.25) is 0 Å². The maximum absolute atomic E-state index is 12.1. The van der Waals surface area contributed by atoms with Crippen LogP contribution < -0.4 is 5.32 Å². The van der Waals surface area contributed by atoms with E-state index in [1.54, 1.807) is 36.3 Å². The molecule has 108 valence electrons. The van der Waals surface area contributed by atoms with Gasteiger partial charge in [0, 0.05) is 25.9 Å². The lowest BCUT2D eigenvalue weighted by molar-refractivity contribution is -0.136. The molecule has 1 unspecified atom stereocenters. The standard InChI is InChI=1S/C14H18N2O4/c1-20-11-6-7-16(9-11)14(19)15-12-5-3-2-4-10(12)8-13(17)18/h2-5,11H,6-9H2,1H3,(H,15,19)(H,17,18). The van der Waals surface area contributed by atoms with E-state index < -0.39 is 5.97 Å². The lowest BCUT2D eigenvalue weighted by Gasteiger charge is -2.18. The number of carboxylic acids is 1. The van der Waals surface area contributed by atoms with Crippen molar-refractivity contribution in [2.24, 2.45) is 0 Å². The molecule has 0 bridgehead atoms. The van der Waals surface area contributed by atoms with Gasteiger partial charge in [-0.3, -0.25) is 4.79 Å². The Bertz CT molecular complexity index is 504. The molecule has 0 radical (unpaired) electrons. The zero-order valence-corrected chi connectivity index (χ0v) is 11.3. The molecule has 1 atom stereocenters. The first-order chi connectivity index (χ1) is 9.60. The van der Waals surface area contributed by atoms with Crippen molar-refractivity contribution in [3.63, 3.8) is 0 Å². The summed E-state index contributed by atoms with van der Waals surface area (Å²) in [4.78, 5) is 24.6. The number of hydrogen-bond acceptors (Lipinski definition) is 3. The largest absolute Gasteiger partial charge is 0.481 e. The number of benzene rings is 1. The molecule has 1 fully saturated rings. The molecule has 0 aliphatic carbocycles. The van der Waals surface area contributed by atoms with Crippen LogP contribution in [0.2, 0.25) is 0 Å². The van der Waals surface area contributed by atoms with E-state index in [1.165, 1.54) is 0 Å². The molecule has 1 heterocycles. The molecule has 1 aromatic rings. The van der Waals surface area contributed by atoms with E-state index in [2.05, 4.69) is 5.32 Å². The van der Waals surface area contributed by atoms with E-state index in [0.29, 0.717) is 24.3 Å². The number of methoxy groups -OCH3 is 1. The van der Waals surface area contributed by atoms with Crippen molar-refractivity contribution in [3.05, 3.63) is 29.8 Å². The summed E-state index contributed by atoms with van der Waals surface area (Å²) in [6.07, 6.45) is 0.785. The summed E-state index contributed by atoms with van der Waals surface area (Å²) in [6, 6.07) is 6.71. The Morgan fingerprint density at radius 1 is 1.45 bits per heavy atom. The number of likely N-dealkylation sites (tertiary alicyclic amines) is 1. The summed E-state index contributed by atoms with van der Waals surface area (Å²) in [6.45, 7) is 1.20. The SMILES string of the molecule is COC1CCN(C(=O)Nc2ccccc2CC(=O)O)C1. The average Bonchev–Trinajstić information content (AvgIpc) is 2.89. The van der Waals surface area contributed by atoms with Crippen LogP contribution in [0, 0.1) is 0 Å². The van der Waals surface area contributed by atoms with Crippen molar-refractivity contribution < 1.29 is 19.4 Å². The smallest absolute Gasteiger partial charge is 0.321 e. The van der Waals surface area contributed by atoms with Crippen LogP contribution in [0.15, 0.2) is 24.3 Å². The van der Waals surface area contributed by atoms with E-state index in [4.69, 9.17) is 9.84 Å². The van der Waals surface area contributed by atoms with Gasteiger partial charge in [-0.25, -0.2) is 4.79 Å². The predicted molar refractivity (Wildman–Crippen MR) is 73.8 cm³/mol. The number of carboxylic acid groups (broad SMARTS) is 1. The highest BCUT2D eigenvalue weighted by atomic mass is 16.5. The molecule has 1 aliphatic rings. The quantitative estimate of drug-likeness (QED) is 0.876. The van der Waals surface area contributed by atoms with Gasteiger partial charge >= 0.3 is 12.0 Å². The Balaban J connectivity index is 2.03. The fourth-order valence-electron chi connectivity index (χ4n) is 2.26. The monoisotopic (exact) mass is 278 g/mol. The lowest BCUT2D eigenvalue weighted by atomic mass is 10.1. The summed E-state index contributed by atoms with van der Waals surface area (Å²) < 4.78 is 5.22. The van der Waals surface area contributed by atoms with Crippen molar-refractivity contribution in [2.45, 2.75) is 18.9 Å². The van der Waals surface area contributed by atoms with E-state index in [0.717, 1.165) is 6.42 Å². The third kappa shape index (κ3) is 3.48. The number of amides is 2. The van der Waals surface area contributed by atoms with Crippen molar-refractivity contribution in [2.75, 3.05) is 25.5 Å². The highest BCUT2D eigenvalue weighted by Crippen LogP contribution is 2.18. The van der Waals surface area contributed by atoms with Gasteiger partial charge in [-0.15, -0.1) is 0 Å². The number of anilines is 1. The van der Waals surface area contributed by atoms with Crippen molar-refractivity contribution in [3.8, 4) is 0 Å². The molecule has 20 heavy (non-hydrogen) atoms. The van der Waals surface area contributed by atoms with Crippen LogP contribution in [-0.2, 0) is 16.0 Å². The Morgan fingerprint density at radius 3 is 2.85 bits per heavy atom. The fourth-order valence-corrected chi connectivity index (χ4v) is 2.26. The van der Waals surface area contributed by atoms with E-state index in [9.17, 15) is 9.59 Å². The number of nitrogens with zero attached hydrogens (tertiary/aromatic N) is 1. The van der Waals surface area contributed by atoms with Crippen LogP contribution in [0.5, 0.6) is 0 Å². The summed E-state index contributed by atoms with van der Waals surface area (Å²) in [7, 11) is 1.63. The summed E-state index contributed by atoms with van der Waals surface area (Å²) in [5.74, 6) is -0.924. The highest BCUT2D eigenvalue weighted by Gasteiger charge is 2.26. The van der Waals surface area contributed by atoms with Gasteiger partial charge in [0.1, 0.15) is 0 Å². The molecule has 1 aromatic carbocycles. The summed E-state index contributed by atoms with van der Waals surface area (Å²) in [5.41, 5.74) is 1.14. The summed E-state index contributed by atoms with van der Waals surface area (Å²) in [5, 5.41) is 11.6. The predicted octanol–water partition coefficient (Wildman–Crippen LogP) is 1.57. The molecule has 0 spiro atoms. The average molecular weight is 278 g/mol. The van der Waals surface area contributed by atoms with Crippen LogP contribution in [0.25, 0.3) is 0 Å². The van der Waals surface area contributed by atoms with Crippen LogP contribution in [0.1, 0.15) is 12.0 Å². The Labute approximate surface area is 117 Å². The maximum atomic E-state index is 12.1. The van der Waals surface area contributed by atoms with Crippen molar-refractivity contribution in [1.82, 2.24) is 4.90 Å². The first-order valence-electron chi connectivity index (χ1n) is 6.48. The minimum absolute atomic E-state index is 0.0787. The molecule has 1 saturated heterocycles. The zero-order chi connectivity index (χ0) is 14.5. The van der Waals surface area contributed by atoms with E-state index in [1.807, 2.05) is 0 Å². The first kappa shape index (κ1) is 14.3. The molecular formula is C14H18N2O4. The van der Waals surface area contributed by atoms with Crippen molar-refractivity contribution >= 4 is 17.7 Å². The number of aliphatic carboxylic acids is 1. The maximum Gasteiger partial charge on any atom is 0.321 e. The van der Waals surface area contributed by atoms with E-state index in [-0.39, 0.29) is 18.6 Å². The lowest BCUT2D eigenvalue weighted by Crippen LogP contribution is -2.34. The molecule has 2 amide bonds. The Hall–Kier alpha value is -2.08. The van der Waals surface area contributed by atoms with Crippen LogP contribution in [0.4, 0.5) is 10.5 Å². The number of ether oxygens (including phenoxy) is 1. The molecule has 1 aliphatic heterocycles. The number of carbonyl (C=O) groups excluding carboxylic acids is 1. The second-order valence-corrected chi connectivity index (χ2v) is 4.75. The number of para-hydroxylation sites is 1. The second kappa shape index (κ2) is 6.38. The summed E-state index contributed by atoms with van der Waals surface area (Å²) >= 11 is 0. The Morgan fingerprint density at radius 2 is 2.20 bits per heavy atom. The third-order valence-electron chi connectivity index (χ3n) is 3.37. The highest BCUT2D eigenvalue weighted by molar-refractivity contribution is 5.91. The van der Waals surface area contributed by atoms with Crippen LogP contribution in [0.3, 0.4) is 0 Å². The number of carbonyl (C=O) groups is 2. The Kier molecular flexibility index (Phi) is 4.57. The van der Waals surface area contributed by atoms with Gasteiger partial charge in [0.25, 0.3) is 0 Å². The van der Waals surface area contributed by atoms with Crippen LogP contribution in [-0.4, -0.2) is 48.3 Å². The molecule has 6 nitrogen and oxygen atoms in total. The van der Waals surface area contributed by atoms with Gasteiger partial charge in [-0.2, -0.15) is 0 Å². The van der Waals surface area contributed by atoms with Crippen LogP contribution >= 0.6 is 0 Å². The van der Waals surface area contributed by atoms with Gasteiger partial charge < -0.3 is 20.1 Å². The fraction of sp³-hybridized carbons (Fsp3) is 0.429. The minimum Gasteiger partial charge on any atom is -0.481 e. The minimum atomic E-state index is -0.924. The van der Waals surface area contributed by atoms with Gasteiger partial charge in [-0.05, 0) is 18.1 Å². The van der Waals surface area contributed by atoms with Gasteiger partial charge in [-0.1, -0.05) is 18.2 Å². The number of rotatable bonds is 4. The van der Waals surface area contributed by atoms with Gasteiger partial charge in [0.15, 0.2) is 0 Å². The molecule has 6 heteroatoms. The van der Waals surface area contributed by atoms with E-state index >= 15 is 0 Å². The number of hydrogen-bond donors (Lipinski definition) is 2. The number of nitrogens with one attached hydrogen (secondary N) is 1. The third-order valence-corrected chi connectivity index (χ3v) is 3.37. The van der Waals surface area contributed by atoms with Crippen molar-refractivity contribution in [1.29, 1.82) is 0 Å². The molecule has 2 rings (SSSR count). The molecular weight excluding hydrogens is 260 g/mol. The first-order valence-corrected chi connectivity index (χ1v) is 6.48. The molecule has 0 aromatic heterocycles. The molecule has 2 N–H and O–H groups in total. The zero-order valence-electron chi connectivity index (χ0n) is 11.3. The molecule has 0 saturated carbocycles. The normalized spacial score (nSPS) is 18.1. The number of urea groups is 1. The topological polar surface area (TPSA) is 78.9 Å². The van der Waals surface area contributed by atoms with Gasteiger partial charge in [0.05, 0.1) is 12.5 Å².